The lowest BCUT2D eigenvalue weighted by molar-refractivity contribution is -0.136. The summed E-state index contributed by atoms with van der Waals surface area (Å²) >= 11 is 0. The highest BCUT2D eigenvalue weighted by Gasteiger charge is 2.52. The van der Waals surface area contributed by atoms with E-state index in [0.29, 0.717) is 25.1 Å². The molecule has 2 amide bonds. The number of nitrogens with zero attached hydrogens (tertiary/aromatic N) is 3. The lowest BCUT2D eigenvalue weighted by Gasteiger charge is -2.36. The maximum atomic E-state index is 13.6. The second kappa shape index (κ2) is 8.15. The van der Waals surface area contributed by atoms with Crippen LogP contribution in [0.2, 0.25) is 0 Å². The number of hydrogen-bond acceptors (Lipinski definition) is 5. The minimum atomic E-state index is -0.731. The smallest absolute Gasteiger partial charge is 0.339 e. The van der Waals surface area contributed by atoms with Crippen molar-refractivity contribution in [3.63, 3.8) is 0 Å². The first kappa shape index (κ1) is 22.4. The van der Waals surface area contributed by atoms with Crippen LogP contribution in [-0.4, -0.2) is 66.9 Å². The Bertz CT molecular complexity index is 1130. The van der Waals surface area contributed by atoms with E-state index >= 15 is 0 Å². The monoisotopic (exact) mass is 461 g/mol. The van der Waals surface area contributed by atoms with Gasteiger partial charge >= 0.3 is 5.97 Å². The molecular formula is C27H31N3O4. The second-order valence-corrected chi connectivity index (χ2v) is 10.1. The van der Waals surface area contributed by atoms with E-state index in [2.05, 4.69) is 17.0 Å². The standard InChI is InChI=1S/C27H31N3O4/c1-19(31)28-14-16-29(17-15-28)21-10-8-20(9-11-21)26(2,3)25(33)30-13-12-27(18-30)23-7-5-4-6-22(23)24(32)34-27/h4-11H,12-18H2,1-3H3/t27-/m0/s1. The summed E-state index contributed by atoms with van der Waals surface area (Å²) in [4.78, 5) is 43.6. The van der Waals surface area contributed by atoms with E-state index in [9.17, 15) is 14.4 Å². The molecule has 3 heterocycles. The molecule has 0 bridgehead atoms. The highest BCUT2D eigenvalue weighted by Crippen LogP contribution is 2.44. The number of carbonyl (C=O) groups is 3. The summed E-state index contributed by atoms with van der Waals surface area (Å²) in [5.74, 6) is -0.147. The first-order valence-corrected chi connectivity index (χ1v) is 11.9. The van der Waals surface area contributed by atoms with Gasteiger partial charge in [0.2, 0.25) is 11.8 Å². The molecule has 7 nitrogen and oxygen atoms in total. The summed E-state index contributed by atoms with van der Waals surface area (Å²) in [5, 5.41) is 0. The molecule has 0 radical (unpaired) electrons. The van der Waals surface area contributed by atoms with E-state index in [1.54, 1.807) is 13.0 Å². The summed E-state index contributed by atoms with van der Waals surface area (Å²) in [6.07, 6.45) is 0.614. The molecule has 34 heavy (non-hydrogen) atoms. The average Bonchev–Trinajstić information content (AvgIpc) is 3.40. The van der Waals surface area contributed by atoms with Gasteiger partial charge in [0.05, 0.1) is 17.5 Å². The predicted octanol–water partition coefficient (Wildman–Crippen LogP) is 2.93. The van der Waals surface area contributed by atoms with Gasteiger partial charge in [0.25, 0.3) is 0 Å². The molecule has 3 aliphatic heterocycles. The molecular weight excluding hydrogens is 430 g/mol. The van der Waals surface area contributed by atoms with Crippen molar-refractivity contribution in [1.29, 1.82) is 0 Å². The van der Waals surface area contributed by atoms with E-state index in [0.717, 1.165) is 43.0 Å². The molecule has 5 rings (SSSR count). The Morgan fingerprint density at radius 1 is 0.912 bits per heavy atom. The van der Waals surface area contributed by atoms with Crippen molar-refractivity contribution >= 4 is 23.5 Å². The van der Waals surface area contributed by atoms with E-state index in [1.165, 1.54) is 0 Å². The van der Waals surface area contributed by atoms with Crippen molar-refractivity contribution in [1.82, 2.24) is 9.80 Å². The Morgan fingerprint density at radius 2 is 1.59 bits per heavy atom. The van der Waals surface area contributed by atoms with Gasteiger partial charge in [-0.3, -0.25) is 9.59 Å². The van der Waals surface area contributed by atoms with Crippen LogP contribution in [0.25, 0.3) is 0 Å². The highest BCUT2D eigenvalue weighted by molar-refractivity contribution is 5.95. The van der Waals surface area contributed by atoms with Crippen molar-refractivity contribution in [2.24, 2.45) is 0 Å². The highest BCUT2D eigenvalue weighted by atomic mass is 16.6. The first-order valence-electron chi connectivity index (χ1n) is 11.9. The third-order valence-electron chi connectivity index (χ3n) is 7.66. The molecule has 2 fully saturated rings. The number of benzene rings is 2. The summed E-state index contributed by atoms with van der Waals surface area (Å²) in [7, 11) is 0. The Balaban J connectivity index is 1.29. The van der Waals surface area contributed by atoms with Crippen LogP contribution in [-0.2, 0) is 25.3 Å². The molecule has 1 spiro atoms. The second-order valence-electron chi connectivity index (χ2n) is 10.1. The van der Waals surface area contributed by atoms with Crippen LogP contribution in [0.5, 0.6) is 0 Å². The fourth-order valence-electron chi connectivity index (χ4n) is 5.49. The molecule has 1 atom stereocenters. The molecule has 2 saturated heterocycles. The SMILES string of the molecule is CC(=O)N1CCN(c2ccc(C(C)(C)C(=O)N3CC[C@@]4(C3)OC(=O)c3ccccc34)cc2)CC1. The van der Waals surface area contributed by atoms with Gasteiger partial charge in [0, 0.05) is 57.3 Å². The van der Waals surface area contributed by atoms with Gasteiger partial charge < -0.3 is 19.4 Å². The van der Waals surface area contributed by atoms with Crippen LogP contribution in [0.4, 0.5) is 5.69 Å². The van der Waals surface area contributed by atoms with Crippen molar-refractivity contribution in [2.75, 3.05) is 44.2 Å². The number of likely N-dealkylation sites (tertiary alicyclic amines) is 1. The van der Waals surface area contributed by atoms with Crippen LogP contribution in [0.3, 0.4) is 0 Å². The Hall–Kier alpha value is -3.35. The summed E-state index contributed by atoms with van der Waals surface area (Å²) < 4.78 is 5.82. The van der Waals surface area contributed by atoms with Crippen LogP contribution in [0.1, 0.15) is 48.7 Å². The maximum absolute atomic E-state index is 13.6. The molecule has 3 aliphatic rings. The van der Waals surface area contributed by atoms with Gasteiger partial charge in [-0.15, -0.1) is 0 Å². The fourth-order valence-corrected chi connectivity index (χ4v) is 5.49. The average molecular weight is 462 g/mol. The van der Waals surface area contributed by atoms with Crippen molar-refractivity contribution in [3.8, 4) is 0 Å². The van der Waals surface area contributed by atoms with Crippen LogP contribution in [0, 0.1) is 0 Å². The van der Waals surface area contributed by atoms with Crippen LogP contribution >= 0.6 is 0 Å². The quantitative estimate of drug-likeness (QED) is 0.658. The third kappa shape index (κ3) is 3.63. The first-order chi connectivity index (χ1) is 16.2. The summed E-state index contributed by atoms with van der Waals surface area (Å²) in [5.41, 5.74) is 2.11. The number of carbonyl (C=O) groups excluding carboxylic acids is 3. The Morgan fingerprint density at radius 3 is 2.26 bits per heavy atom. The number of fused-ring (bicyclic) bond motifs is 2. The number of amides is 2. The largest absolute Gasteiger partial charge is 0.449 e. The van der Waals surface area contributed by atoms with Crippen LogP contribution in [0.15, 0.2) is 48.5 Å². The van der Waals surface area contributed by atoms with Gasteiger partial charge in [0.15, 0.2) is 5.60 Å². The number of esters is 1. The zero-order valence-electron chi connectivity index (χ0n) is 20.0. The van der Waals surface area contributed by atoms with Crippen molar-refractivity contribution in [2.45, 2.75) is 38.2 Å². The van der Waals surface area contributed by atoms with Gasteiger partial charge in [-0.1, -0.05) is 30.3 Å². The van der Waals surface area contributed by atoms with Crippen molar-refractivity contribution in [3.05, 3.63) is 65.2 Å². The summed E-state index contributed by atoms with van der Waals surface area (Å²) in [6, 6.07) is 15.7. The Labute approximate surface area is 200 Å². The molecule has 0 aliphatic carbocycles. The van der Waals surface area contributed by atoms with Crippen LogP contribution < -0.4 is 4.90 Å². The molecule has 7 heteroatoms. The molecule has 0 unspecified atom stereocenters. The lowest BCUT2D eigenvalue weighted by atomic mass is 9.83. The number of anilines is 1. The number of ether oxygens (including phenoxy) is 1. The molecule has 178 valence electrons. The van der Waals surface area contributed by atoms with Gasteiger partial charge in [-0.05, 0) is 37.6 Å². The minimum Gasteiger partial charge on any atom is -0.449 e. The normalized spacial score (nSPS) is 22.2. The molecule has 2 aromatic rings. The van der Waals surface area contributed by atoms with E-state index in [4.69, 9.17) is 4.74 Å². The van der Waals surface area contributed by atoms with Gasteiger partial charge in [-0.25, -0.2) is 4.79 Å². The molecule has 0 N–H and O–H groups in total. The maximum Gasteiger partial charge on any atom is 0.339 e. The van der Waals surface area contributed by atoms with E-state index in [-0.39, 0.29) is 17.8 Å². The van der Waals surface area contributed by atoms with Gasteiger partial charge in [0.1, 0.15) is 0 Å². The van der Waals surface area contributed by atoms with E-state index in [1.807, 2.05) is 54.0 Å². The third-order valence-corrected chi connectivity index (χ3v) is 7.66. The number of piperazine rings is 1. The zero-order chi connectivity index (χ0) is 24.1. The van der Waals surface area contributed by atoms with Crippen molar-refractivity contribution < 1.29 is 19.1 Å². The Kier molecular flexibility index (Phi) is 5.38. The van der Waals surface area contributed by atoms with E-state index < -0.39 is 11.0 Å². The number of hydrogen-bond donors (Lipinski definition) is 0. The number of rotatable bonds is 3. The fraction of sp³-hybridized carbons (Fsp3) is 0.444. The minimum absolute atomic E-state index is 0.0348. The molecule has 0 saturated carbocycles. The predicted molar refractivity (Wildman–Crippen MR) is 129 cm³/mol. The topological polar surface area (TPSA) is 70.2 Å². The lowest BCUT2D eigenvalue weighted by Crippen LogP contribution is -2.48. The molecule has 2 aromatic carbocycles. The molecule has 0 aromatic heterocycles. The summed E-state index contributed by atoms with van der Waals surface area (Å²) in [6.45, 7) is 9.52. The zero-order valence-corrected chi connectivity index (χ0v) is 20.0. The van der Waals surface area contributed by atoms with Gasteiger partial charge in [-0.2, -0.15) is 0 Å².